The van der Waals surface area contributed by atoms with Crippen molar-refractivity contribution in [2.75, 3.05) is 19.8 Å². The van der Waals surface area contributed by atoms with Crippen LogP contribution in [-0.2, 0) is 23.7 Å². The Balaban J connectivity index is 1.56. The van der Waals surface area contributed by atoms with Gasteiger partial charge in [-0.25, -0.2) is 0 Å². The third-order valence-electron chi connectivity index (χ3n) is 13.4. The summed E-state index contributed by atoms with van der Waals surface area (Å²) in [6.45, 7) is 2.63. The molecule has 9 N–H and O–H groups in total. The molecule has 0 radical (unpaired) electrons. The maximum Gasteiger partial charge on any atom is 0.220 e. The number of nitrogens with one attached hydrogen (secondary N) is 1. The average molecular weight is 1020 g/mol. The van der Waals surface area contributed by atoms with Gasteiger partial charge in [-0.1, -0.05) is 196 Å². The molecule has 0 spiro atoms. The van der Waals surface area contributed by atoms with Crippen LogP contribution in [-0.4, -0.2) is 140 Å². The summed E-state index contributed by atoms with van der Waals surface area (Å²) in [6.07, 6.45) is 39.9. The highest BCUT2D eigenvalue weighted by molar-refractivity contribution is 5.76. The lowest BCUT2D eigenvalue weighted by Gasteiger charge is -2.46. The van der Waals surface area contributed by atoms with Crippen LogP contribution in [0.2, 0.25) is 0 Å². The minimum atomic E-state index is -1.78. The Morgan fingerprint density at radius 2 is 0.958 bits per heavy atom. The summed E-state index contributed by atoms with van der Waals surface area (Å²) < 4.78 is 22.6. The standard InChI is InChI=1S/C58H101NO13/c1-3-5-7-9-10-11-12-13-14-15-16-17-18-19-20-21-22-23-24-25-26-27-28-29-30-31-32-33-34-35-36-38-40-42-50(63)59-46(47(62)41-39-37-8-6-4-2)45-69-57-55(68)53(66)56(49(44-61)71-57)72-58-54(67)52(65)51(64)48(43-60)70-58/h5,7,10-11,13-14,16-17,19-20,22-23,46-49,51-58,60-62,64-68H,3-4,6,8-9,12,15,18,21,24-45H2,1-2H3,(H,59,63)/b7-5-,11-10-,14-13-,17-16-,20-19-,23-22-. The van der Waals surface area contributed by atoms with Crippen LogP contribution in [0.25, 0.3) is 0 Å². The molecule has 14 nitrogen and oxygen atoms in total. The number of allylic oxidation sites excluding steroid dienone is 12. The molecule has 0 bridgehead atoms. The fraction of sp³-hybridized carbons (Fsp3) is 0.776. The first-order valence-electron chi connectivity index (χ1n) is 28.2. The van der Waals surface area contributed by atoms with Crippen LogP contribution in [0, 0.1) is 0 Å². The SMILES string of the molecule is CC/C=C\C/C=C\C/C=C\C/C=C\C/C=C\C/C=C\CCCCCCCCCCCCCCCCC(=O)NC(COC1OC(CO)C(OC2OC(CO)C(O)C(O)C2O)C(O)C1O)C(O)CCCCCCC. The molecule has 2 saturated heterocycles. The Labute approximate surface area is 434 Å². The van der Waals surface area contributed by atoms with Gasteiger partial charge in [0.15, 0.2) is 12.6 Å². The molecule has 0 aromatic carbocycles. The highest BCUT2D eigenvalue weighted by atomic mass is 16.7. The monoisotopic (exact) mass is 1020 g/mol. The lowest BCUT2D eigenvalue weighted by Crippen LogP contribution is -2.65. The Morgan fingerprint density at radius 1 is 0.514 bits per heavy atom. The van der Waals surface area contributed by atoms with E-state index >= 15 is 0 Å². The zero-order chi connectivity index (χ0) is 52.4. The second-order valence-electron chi connectivity index (χ2n) is 19.7. The maximum atomic E-state index is 13.1. The number of ether oxygens (including phenoxy) is 4. The van der Waals surface area contributed by atoms with Crippen LogP contribution >= 0.6 is 0 Å². The van der Waals surface area contributed by atoms with E-state index in [9.17, 15) is 45.6 Å². The van der Waals surface area contributed by atoms with E-state index in [1.54, 1.807) is 0 Å². The van der Waals surface area contributed by atoms with Crippen molar-refractivity contribution in [3.63, 3.8) is 0 Å². The quantitative estimate of drug-likeness (QED) is 0.0206. The molecule has 1 amide bonds. The van der Waals surface area contributed by atoms with Gasteiger partial charge >= 0.3 is 0 Å². The number of hydrogen-bond acceptors (Lipinski definition) is 13. The van der Waals surface area contributed by atoms with E-state index in [1.165, 1.54) is 70.6 Å². The molecule has 416 valence electrons. The Kier molecular flexibility index (Phi) is 39.7. The van der Waals surface area contributed by atoms with Crippen molar-refractivity contribution >= 4 is 5.91 Å². The average Bonchev–Trinajstić information content (AvgIpc) is 3.38. The highest BCUT2D eigenvalue weighted by Crippen LogP contribution is 2.30. The third kappa shape index (κ3) is 29.5. The van der Waals surface area contributed by atoms with E-state index in [2.05, 4.69) is 92.1 Å². The summed E-state index contributed by atoms with van der Waals surface area (Å²) in [5.74, 6) is -0.218. The van der Waals surface area contributed by atoms with Crippen molar-refractivity contribution in [2.24, 2.45) is 0 Å². The summed E-state index contributed by atoms with van der Waals surface area (Å²) in [5.41, 5.74) is 0. The van der Waals surface area contributed by atoms with Gasteiger partial charge in [0, 0.05) is 6.42 Å². The second-order valence-corrected chi connectivity index (χ2v) is 19.7. The van der Waals surface area contributed by atoms with E-state index in [0.717, 1.165) is 96.3 Å². The molecule has 12 atom stereocenters. The first-order chi connectivity index (χ1) is 35.1. The number of carbonyl (C=O) groups excluding carboxylic acids is 1. The molecule has 2 fully saturated rings. The van der Waals surface area contributed by atoms with Crippen molar-refractivity contribution in [1.29, 1.82) is 0 Å². The molecule has 14 heteroatoms. The molecule has 0 aromatic rings. The van der Waals surface area contributed by atoms with Gasteiger partial charge in [-0.3, -0.25) is 4.79 Å². The summed E-state index contributed by atoms with van der Waals surface area (Å²) >= 11 is 0. The molecule has 72 heavy (non-hydrogen) atoms. The fourth-order valence-corrected chi connectivity index (χ4v) is 8.89. The van der Waals surface area contributed by atoms with Gasteiger partial charge < -0.3 is 65.1 Å². The first-order valence-corrected chi connectivity index (χ1v) is 28.2. The van der Waals surface area contributed by atoms with Crippen LogP contribution < -0.4 is 5.32 Å². The third-order valence-corrected chi connectivity index (χ3v) is 13.4. The van der Waals surface area contributed by atoms with Crippen LogP contribution in [0.15, 0.2) is 72.9 Å². The molecule has 0 saturated carbocycles. The number of unbranched alkanes of at least 4 members (excludes halogenated alkanes) is 18. The van der Waals surface area contributed by atoms with E-state index < -0.39 is 86.8 Å². The van der Waals surface area contributed by atoms with Gasteiger partial charge in [0.05, 0.1) is 32.0 Å². The zero-order valence-electron chi connectivity index (χ0n) is 44.4. The summed E-state index contributed by atoms with van der Waals surface area (Å²) in [4.78, 5) is 13.1. The van der Waals surface area contributed by atoms with Crippen molar-refractivity contribution in [1.82, 2.24) is 5.32 Å². The number of rotatable bonds is 43. The fourth-order valence-electron chi connectivity index (χ4n) is 8.89. The number of aliphatic hydroxyl groups is 8. The molecule has 0 aromatic heterocycles. The highest BCUT2D eigenvalue weighted by Gasteiger charge is 2.51. The summed E-state index contributed by atoms with van der Waals surface area (Å²) in [5, 5.41) is 86.5. The Morgan fingerprint density at radius 3 is 1.47 bits per heavy atom. The topological polar surface area (TPSA) is 228 Å². The minimum absolute atomic E-state index is 0.218. The van der Waals surface area contributed by atoms with Crippen molar-refractivity contribution in [2.45, 2.75) is 267 Å². The lowest BCUT2D eigenvalue weighted by molar-refractivity contribution is -0.359. The van der Waals surface area contributed by atoms with Crippen LogP contribution in [0.4, 0.5) is 0 Å². The lowest BCUT2D eigenvalue weighted by atomic mass is 9.97. The zero-order valence-corrected chi connectivity index (χ0v) is 44.4. The first kappa shape index (κ1) is 65.5. The van der Waals surface area contributed by atoms with Gasteiger partial charge in [-0.2, -0.15) is 0 Å². The van der Waals surface area contributed by atoms with Gasteiger partial charge in [0.2, 0.25) is 5.91 Å². The molecule has 2 aliphatic heterocycles. The molecule has 2 aliphatic rings. The van der Waals surface area contributed by atoms with Crippen molar-refractivity contribution in [3.8, 4) is 0 Å². The predicted molar refractivity (Wildman–Crippen MR) is 286 cm³/mol. The van der Waals surface area contributed by atoms with Crippen LogP contribution in [0.1, 0.15) is 194 Å². The number of aliphatic hydroxyl groups excluding tert-OH is 8. The van der Waals surface area contributed by atoms with Gasteiger partial charge in [-0.15, -0.1) is 0 Å². The Hall–Kier alpha value is -2.57. The predicted octanol–water partition coefficient (Wildman–Crippen LogP) is 8.77. The van der Waals surface area contributed by atoms with Gasteiger partial charge in [0.25, 0.3) is 0 Å². The molecule has 12 unspecified atom stereocenters. The normalized spacial score (nSPS) is 26.1. The van der Waals surface area contributed by atoms with Crippen LogP contribution in [0.5, 0.6) is 0 Å². The van der Waals surface area contributed by atoms with E-state index in [0.29, 0.717) is 12.8 Å². The summed E-state index contributed by atoms with van der Waals surface area (Å²) in [7, 11) is 0. The smallest absolute Gasteiger partial charge is 0.220 e. The maximum absolute atomic E-state index is 13.1. The van der Waals surface area contributed by atoms with E-state index in [4.69, 9.17) is 18.9 Å². The molecular formula is C58H101NO13. The second kappa shape index (κ2) is 43.6. The number of amides is 1. The number of hydrogen-bond donors (Lipinski definition) is 9. The van der Waals surface area contributed by atoms with Gasteiger partial charge in [-0.05, 0) is 64.2 Å². The molecular weight excluding hydrogens is 919 g/mol. The number of carbonyl (C=O) groups is 1. The van der Waals surface area contributed by atoms with Crippen molar-refractivity contribution < 1.29 is 64.6 Å². The van der Waals surface area contributed by atoms with Gasteiger partial charge in [0.1, 0.15) is 48.8 Å². The largest absolute Gasteiger partial charge is 0.394 e. The Bertz CT molecular complexity index is 1480. The minimum Gasteiger partial charge on any atom is -0.394 e. The molecule has 2 rings (SSSR count). The van der Waals surface area contributed by atoms with E-state index in [-0.39, 0.29) is 12.5 Å². The van der Waals surface area contributed by atoms with Crippen molar-refractivity contribution in [3.05, 3.63) is 72.9 Å². The molecule has 2 heterocycles. The molecule has 0 aliphatic carbocycles. The van der Waals surface area contributed by atoms with Crippen LogP contribution in [0.3, 0.4) is 0 Å². The van der Waals surface area contributed by atoms with E-state index in [1.807, 2.05) is 0 Å². The summed E-state index contributed by atoms with van der Waals surface area (Å²) in [6, 6.07) is -0.827.